The number of hydrogen-bond donors (Lipinski definition) is 0. The van der Waals surface area contributed by atoms with Gasteiger partial charge in [0.05, 0.1) is 11.0 Å². The molecule has 1 saturated carbocycles. The summed E-state index contributed by atoms with van der Waals surface area (Å²) in [5, 5.41) is 0. The summed E-state index contributed by atoms with van der Waals surface area (Å²) in [5.41, 5.74) is 1.80. The summed E-state index contributed by atoms with van der Waals surface area (Å²) in [5.74, 6) is 0. The van der Waals surface area contributed by atoms with Crippen molar-refractivity contribution in [2.45, 2.75) is 37.7 Å². The van der Waals surface area contributed by atoms with Crippen LogP contribution in [0.25, 0.3) is 0 Å². The molecule has 2 rings (SSSR count). The molecule has 3 nitrogen and oxygen atoms in total. The van der Waals surface area contributed by atoms with E-state index in [4.69, 9.17) is 4.18 Å². The van der Waals surface area contributed by atoms with E-state index in [1.807, 2.05) is 13.0 Å². The summed E-state index contributed by atoms with van der Waals surface area (Å²) < 4.78 is 28.6. The molecular weight excluding hydrogens is 212 g/mol. The molecule has 0 amide bonds. The van der Waals surface area contributed by atoms with Crippen LogP contribution in [0.1, 0.15) is 24.0 Å². The summed E-state index contributed by atoms with van der Waals surface area (Å²) >= 11 is 0. The van der Waals surface area contributed by atoms with Gasteiger partial charge in [0.2, 0.25) is 0 Å². The first-order valence-corrected chi connectivity index (χ1v) is 6.40. The summed E-state index contributed by atoms with van der Waals surface area (Å²) in [7, 11) is -3.54. The number of benzene rings is 1. The quantitative estimate of drug-likeness (QED) is 0.742. The first-order chi connectivity index (χ1) is 6.99. The minimum atomic E-state index is -3.54. The van der Waals surface area contributed by atoms with Gasteiger partial charge in [0, 0.05) is 0 Å². The van der Waals surface area contributed by atoms with E-state index >= 15 is 0 Å². The van der Waals surface area contributed by atoms with Crippen molar-refractivity contribution in [3.8, 4) is 0 Å². The van der Waals surface area contributed by atoms with Gasteiger partial charge in [-0.15, -0.1) is 0 Å². The molecule has 0 unspecified atom stereocenters. The van der Waals surface area contributed by atoms with Crippen LogP contribution in [0.15, 0.2) is 23.1 Å². The van der Waals surface area contributed by atoms with Crippen LogP contribution in [0, 0.1) is 13.8 Å². The van der Waals surface area contributed by atoms with Gasteiger partial charge in [-0.3, -0.25) is 4.18 Å². The van der Waals surface area contributed by atoms with Gasteiger partial charge in [0.15, 0.2) is 0 Å². The molecule has 0 radical (unpaired) electrons. The van der Waals surface area contributed by atoms with Gasteiger partial charge >= 0.3 is 0 Å². The van der Waals surface area contributed by atoms with Gasteiger partial charge in [-0.05, 0) is 38.3 Å². The van der Waals surface area contributed by atoms with Crippen LogP contribution in [-0.2, 0) is 14.3 Å². The van der Waals surface area contributed by atoms with Crippen LogP contribution in [0.3, 0.4) is 0 Å². The minimum absolute atomic E-state index is 0.0873. The highest BCUT2D eigenvalue weighted by Gasteiger charge is 2.30. The highest BCUT2D eigenvalue weighted by atomic mass is 32.2. The number of rotatable bonds is 3. The number of aryl methyl sites for hydroxylation is 2. The van der Waals surface area contributed by atoms with Crippen molar-refractivity contribution in [2.24, 2.45) is 0 Å². The Labute approximate surface area is 90.2 Å². The molecule has 4 heteroatoms. The fraction of sp³-hybridized carbons (Fsp3) is 0.455. The molecule has 0 atom stereocenters. The molecule has 0 aliphatic heterocycles. The average molecular weight is 226 g/mol. The first kappa shape index (κ1) is 10.6. The standard InChI is InChI=1S/C11H14O3S/c1-8-3-6-11(9(2)7-8)15(12,13)14-10-4-5-10/h3,6-7,10H,4-5H2,1-2H3. The number of hydrogen-bond acceptors (Lipinski definition) is 3. The third-order valence-electron chi connectivity index (χ3n) is 2.39. The zero-order valence-corrected chi connectivity index (χ0v) is 9.67. The molecule has 0 N–H and O–H groups in total. The summed E-state index contributed by atoms with van der Waals surface area (Å²) in [4.78, 5) is 0.292. The Morgan fingerprint density at radius 2 is 1.93 bits per heavy atom. The lowest BCUT2D eigenvalue weighted by Gasteiger charge is -2.07. The van der Waals surface area contributed by atoms with E-state index in [0.29, 0.717) is 4.90 Å². The molecule has 0 spiro atoms. The van der Waals surface area contributed by atoms with Crippen LogP contribution >= 0.6 is 0 Å². The van der Waals surface area contributed by atoms with Crippen molar-refractivity contribution in [3.63, 3.8) is 0 Å². The molecule has 1 aromatic rings. The Kier molecular flexibility index (Phi) is 2.56. The third-order valence-corrected chi connectivity index (χ3v) is 3.91. The van der Waals surface area contributed by atoms with E-state index in [1.165, 1.54) is 0 Å². The van der Waals surface area contributed by atoms with Crippen molar-refractivity contribution >= 4 is 10.1 Å². The van der Waals surface area contributed by atoms with Gasteiger partial charge in [0.25, 0.3) is 10.1 Å². The molecular formula is C11H14O3S. The molecule has 1 aliphatic rings. The normalized spacial score (nSPS) is 16.7. The van der Waals surface area contributed by atoms with Crippen LogP contribution in [0.2, 0.25) is 0 Å². The van der Waals surface area contributed by atoms with Crippen molar-refractivity contribution in [1.29, 1.82) is 0 Å². The van der Waals surface area contributed by atoms with Crippen LogP contribution in [0.4, 0.5) is 0 Å². The fourth-order valence-electron chi connectivity index (χ4n) is 1.48. The first-order valence-electron chi connectivity index (χ1n) is 4.99. The molecule has 1 fully saturated rings. The Bertz CT molecular complexity index is 473. The summed E-state index contributed by atoms with van der Waals surface area (Å²) in [6.45, 7) is 3.72. The van der Waals surface area contributed by atoms with E-state index in [1.54, 1.807) is 19.1 Å². The van der Waals surface area contributed by atoms with Gasteiger partial charge < -0.3 is 0 Å². The predicted molar refractivity (Wildman–Crippen MR) is 57.2 cm³/mol. The topological polar surface area (TPSA) is 43.4 Å². The molecule has 1 aliphatic carbocycles. The molecule has 0 saturated heterocycles. The molecule has 0 heterocycles. The molecule has 15 heavy (non-hydrogen) atoms. The van der Waals surface area contributed by atoms with Crippen LogP contribution in [0.5, 0.6) is 0 Å². The lowest BCUT2D eigenvalue weighted by atomic mass is 10.2. The molecule has 0 bridgehead atoms. The van der Waals surface area contributed by atoms with Gasteiger partial charge in [-0.25, -0.2) is 0 Å². The monoisotopic (exact) mass is 226 g/mol. The second kappa shape index (κ2) is 3.61. The van der Waals surface area contributed by atoms with Gasteiger partial charge in [-0.2, -0.15) is 8.42 Å². The zero-order chi connectivity index (χ0) is 11.1. The Morgan fingerprint density at radius 3 is 2.47 bits per heavy atom. The maximum absolute atomic E-state index is 11.8. The lowest BCUT2D eigenvalue weighted by Crippen LogP contribution is -2.09. The van der Waals surface area contributed by atoms with E-state index in [9.17, 15) is 8.42 Å². The zero-order valence-electron chi connectivity index (χ0n) is 8.86. The second-order valence-electron chi connectivity index (χ2n) is 4.02. The minimum Gasteiger partial charge on any atom is -0.263 e. The Balaban J connectivity index is 2.34. The van der Waals surface area contributed by atoms with Gasteiger partial charge in [0.1, 0.15) is 0 Å². The Morgan fingerprint density at radius 1 is 1.27 bits per heavy atom. The highest BCUT2D eigenvalue weighted by molar-refractivity contribution is 7.86. The maximum atomic E-state index is 11.8. The largest absolute Gasteiger partial charge is 0.297 e. The van der Waals surface area contributed by atoms with Crippen molar-refractivity contribution in [2.75, 3.05) is 0 Å². The van der Waals surface area contributed by atoms with Crippen molar-refractivity contribution in [1.82, 2.24) is 0 Å². The maximum Gasteiger partial charge on any atom is 0.297 e. The van der Waals surface area contributed by atoms with E-state index in [-0.39, 0.29) is 6.10 Å². The average Bonchev–Trinajstić information content (AvgIpc) is 2.86. The van der Waals surface area contributed by atoms with E-state index in [0.717, 1.165) is 24.0 Å². The lowest BCUT2D eigenvalue weighted by molar-refractivity contribution is 0.305. The van der Waals surface area contributed by atoms with Gasteiger partial charge in [-0.1, -0.05) is 17.7 Å². The van der Waals surface area contributed by atoms with Crippen molar-refractivity contribution in [3.05, 3.63) is 29.3 Å². The molecule has 1 aromatic carbocycles. The summed E-state index contributed by atoms with van der Waals surface area (Å²) in [6, 6.07) is 5.25. The SMILES string of the molecule is Cc1ccc(S(=O)(=O)OC2CC2)c(C)c1. The fourth-order valence-corrected chi connectivity index (χ4v) is 2.82. The second-order valence-corrected chi connectivity index (χ2v) is 5.56. The van der Waals surface area contributed by atoms with Crippen LogP contribution < -0.4 is 0 Å². The van der Waals surface area contributed by atoms with Crippen molar-refractivity contribution < 1.29 is 12.6 Å². The van der Waals surface area contributed by atoms with E-state index in [2.05, 4.69) is 0 Å². The smallest absolute Gasteiger partial charge is 0.263 e. The predicted octanol–water partition coefficient (Wildman–Crippen LogP) is 2.17. The Hall–Kier alpha value is -0.870. The summed E-state index contributed by atoms with van der Waals surface area (Å²) in [6.07, 6.45) is 1.62. The molecule has 82 valence electrons. The highest BCUT2D eigenvalue weighted by Crippen LogP contribution is 2.29. The third kappa shape index (κ3) is 2.38. The van der Waals surface area contributed by atoms with Crippen LogP contribution in [-0.4, -0.2) is 14.5 Å². The van der Waals surface area contributed by atoms with E-state index < -0.39 is 10.1 Å². The molecule has 0 aromatic heterocycles.